The molecule has 3 rings (SSSR count). The molecule has 2 aliphatic heterocycles. The highest BCUT2D eigenvalue weighted by molar-refractivity contribution is 5.26. The summed E-state index contributed by atoms with van der Waals surface area (Å²) >= 11 is 0. The van der Waals surface area contributed by atoms with Gasteiger partial charge in [-0.25, -0.2) is 0 Å². The minimum absolute atomic E-state index is 0.190. The van der Waals surface area contributed by atoms with Gasteiger partial charge < -0.3 is 0 Å². The lowest BCUT2D eigenvalue weighted by molar-refractivity contribution is 0.189. The van der Waals surface area contributed by atoms with Crippen LogP contribution < -0.4 is 0 Å². The molecule has 1 aromatic heterocycles. The molecule has 4 heteroatoms. The van der Waals surface area contributed by atoms with Crippen molar-refractivity contribution in [2.75, 3.05) is 13.1 Å². The van der Waals surface area contributed by atoms with Gasteiger partial charge >= 0.3 is 0 Å². The second kappa shape index (κ2) is 3.48. The Morgan fingerprint density at radius 1 is 1.12 bits per heavy atom. The number of fused-ring (bicyclic) bond motifs is 1. The molecular weight excluding hydrogens is 210 g/mol. The molecule has 3 heterocycles. The van der Waals surface area contributed by atoms with E-state index < -0.39 is 11.9 Å². The van der Waals surface area contributed by atoms with Gasteiger partial charge in [0.05, 0.1) is 5.54 Å². The van der Waals surface area contributed by atoms with Crippen LogP contribution in [0.3, 0.4) is 0 Å². The van der Waals surface area contributed by atoms with Crippen LogP contribution in [0.5, 0.6) is 0 Å². The minimum Gasteiger partial charge on any atom is -0.293 e. The molecule has 0 saturated carbocycles. The van der Waals surface area contributed by atoms with Crippen molar-refractivity contribution in [3.8, 4) is 0 Å². The van der Waals surface area contributed by atoms with Crippen LogP contribution in [0.4, 0.5) is 8.78 Å². The lowest BCUT2D eigenvalue weighted by atomic mass is 9.87. The monoisotopic (exact) mass is 224 g/mol. The van der Waals surface area contributed by atoms with Gasteiger partial charge in [0, 0.05) is 5.56 Å². The van der Waals surface area contributed by atoms with E-state index in [4.69, 9.17) is 0 Å². The van der Waals surface area contributed by atoms with Crippen LogP contribution in [0, 0.1) is 11.9 Å². The summed E-state index contributed by atoms with van der Waals surface area (Å²) in [5.41, 5.74) is 0.397. The van der Waals surface area contributed by atoms with Crippen LogP contribution in [0.15, 0.2) is 12.1 Å². The Hall–Kier alpha value is -1.03. The average Bonchev–Trinajstić information content (AvgIpc) is 2.75. The van der Waals surface area contributed by atoms with E-state index in [0.717, 1.165) is 38.8 Å². The van der Waals surface area contributed by atoms with E-state index >= 15 is 0 Å². The third-order valence-electron chi connectivity index (χ3n) is 3.96. The summed E-state index contributed by atoms with van der Waals surface area (Å²) in [7, 11) is 0. The smallest absolute Gasteiger partial charge is 0.220 e. The highest BCUT2D eigenvalue weighted by atomic mass is 19.1. The third kappa shape index (κ3) is 1.29. The van der Waals surface area contributed by atoms with Crippen LogP contribution in [-0.2, 0) is 5.54 Å². The highest BCUT2D eigenvalue weighted by Crippen LogP contribution is 2.47. The maximum Gasteiger partial charge on any atom is 0.220 e. The molecule has 16 heavy (non-hydrogen) atoms. The molecule has 86 valence electrons. The van der Waals surface area contributed by atoms with E-state index in [0.29, 0.717) is 5.56 Å². The molecule has 0 aromatic carbocycles. The van der Waals surface area contributed by atoms with Crippen LogP contribution >= 0.6 is 0 Å². The molecule has 2 fully saturated rings. The Labute approximate surface area is 93.3 Å². The van der Waals surface area contributed by atoms with E-state index in [1.807, 2.05) is 0 Å². The molecule has 0 aliphatic carbocycles. The number of nitrogens with zero attached hydrogens (tertiary/aromatic N) is 2. The molecule has 0 spiro atoms. The van der Waals surface area contributed by atoms with Gasteiger partial charge in [0.2, 0.25) is 11.9 Å². The summed E-state index contributed by atoms with van der Waals surface area (Å²) in [6.07, 6.45) is 4.13. The Bertz CT molecular complexity index is 409. The molecule has 1 aromatic rings. The number of pyridine rings is 1. The van der Waals surface area contributed by atoms with Gasteiger partial charge in [0.25, 0.3) is 0 Å². The fourth-order valence-corrected chi connectivity index (χ4v) is 3.30. The van der Waals surface area contributed by atoms with Crippen LogP contribution in [-0.4, -0.2) is 23.0 Å². The Morgan fingerprint density at radius 2 is 1.81 bits per heavy atom. The van der Waals surface area contributed by atoms with E-state index in [1.165, 1.54) is 6.07 Å². The highest BCUT2D eigenvalue weighted by Gasteiger charge is 2.47. The molecule has 0 radical (unpaired) electrons. The van der Waals surface area contributed by atoms with Crippen molar-refractivity contribution in [1.82, 2.24) is 9.88 Å². The van der Waals surface area contributed by atoms with E-state index in [1.54, 1.807) is 6.07 Å². The van der Waals surface area contributed by atoms with Crippen molar-refractivity contribution in [3.05, 3.63) is 29.6 Å². The second-order valence-electron chi connectivity index (χ2n) is 4.70. The van der Waals surface area contributed by atoms with E-state index in [9.17, 15) is 8.78 Å². The Kier molecular flexibility index (Phi) is 2.21. The first-order valence-electron chi connectivity index (χ1n) is 5.80. The topological polar surface area (TPSA) is 16.1 Å². The molecule has 0 unspecified atom stereocenters. The normalized spacial score (nSPS) is 23.6. The third-order valence-corrected chi connectivity index (χ3v) is 3.96. The zero-order valence-corrected chi connectivity index (χ0v) is 9.05. The maximum atomic E-state index is 13.8. The number of hydrogen-bond acceptors (Lipinski definition) is 2. The predicted octanol–water partition coefficient (Wildman–Crippen LogP) is 2.44. The molecule has 0 N–H and O–H groups in total. The molecule has 0 bridgehead atoms. The number of hydrogen-bond donors (Lipinski definition) is 0. The fourth-order valence-electron chi connectivity index (χ4n) is 3.30. The first-order chi connectivity index (χ1) is 7.72. The standard InChI is InChI=1S/C12H14F2N2/c13-10-4-3-9(11(14)15-10)12-5-1-7-16(12)8-2-6-12/h3-4H,1-2,5-8H2. The molecule has 0 amide bonds. The van der Waals surface area contributed by atoms with Crippen molar-refractivity contribution in [3.63, 3.8) is 0 Å². The van der Waals surface area contributed by atoms with Crippen molar-refractivity contribution < 1.29 is 8.78 Å². The first-order valence-corrected chi connectivity index (χ1v) is 5.80. The SMILES string of the molecule is Fc1ccc(C23CCCN2CCC3)c(F)n1. The Balaban J connectivity index is 2.08. The van der Waals surface area contributed by atoms with Gasteiger partial charge in [-0.2, -0.15) is 13.8 Å². The van der Waals surface area contributed by atoms with Gasteiger partial charge in [-0.1, -0.05) is 0 Å². The molecule has 2 saturated heterocycles. The van der Waals surface area contributed by atoms with Crippen molar-refractivity contribution in [2.24, 2.45) is 0 Å². The maximum absolute atomic E-state index is 13.8. The molecule has 2 aliphatic rings. The number of halogens is 2. The zero-order chi connectivity index (χ0) is 11.2. The summed E-state index contributed by atoms with van der Waals surface area (Å²) in [4.78, 5) is 5.64. The van der Waals surface area contributed by atoms with Crippen LogP contribution in [0.2, 0.25) is 0 Å². The second-order valence-corrected chi connectivity index (χ2v) is 4.70. The largest absolute Gasteiger partial charge is 0.293 e. The molecule has 2 nitrogen and oxygen atoms in total. The number of aromatic nitrogens is 1. The minimum atomic E-state index is -0.736. The summed E-state index contributed by atoms with van der Waals surface area (Å²) in [5, 5.41) is 0. The lowest BCUT2D eigenvalue weighted by Crippen LogP contribution is -2.36. The van der Waals surface area contributed by atoms with Gasteiger partial charge in [-0.3, -0.25) is 4.90 Å². The zero-order valence-electron chi connectivity index (χ0n) is 9.05. The van der Waals surface area contributed by atoms with Crippen LogP contribution in [0.25, 0.3) is 0 Å². The summed E-state index contributed by atoms with van der Waals surface area (Å²) in [6, 6.07) is 2.84. The van der Waals surface area contributed by atoms with Gasteiger partial charge in [-0.05, 0) is 50.9 Å². The number of rotatable bonds is 1. The van der Waals surface area contributed by atoms with Crippen LogP contribution in [0.1, 0.15) is 31.2 Å². The predicted molar refractivity (Wildman–Crippen MR) is 55.9 cm³/mol. The van der Waals surface area contributed by atoms with E-state index in [2.05, 4.69) is 9.88 Å². The quantitative estimate of drug-likeness (QED) is 0.681. The van der Waals surface area contributed by atoms with Gasteiger partial charge in [0.15, 0.2) is 0 Å². The summed E-state index contributed by atoms with van der Waals surface area (Å²) in [6.45, 7) is 2.05. The van der Waals surface area contributed by atoms with E-state index in [-0.39, 0.29) is 5.54 Å². The van der Waals surface area contributed by atoms with Crippen molar-refractivity contribution in [1.29, 1.82) is 0 Å². The van der Waals surface area contributed by atoms with Crippen molar-refractivity contribution in [2.45, 2.75) is 31.2 Å². The van der Waals surface area contributed by atoms with Crippen molar-refractivity contribution >= 4 is 0 Å². The van der Waals surface area contributed by atoms with Gasteiger partial charge in [0.1, 0.15) is 0 Å². The lowest BCUT2D eigenvalue weighted by Gasteiger charge is -2.32. The fraction of sp³-hybridized carbons (Fsp3) is 0.583. The average molecular weight is 224 g/mol. The summed E-state index contributed by atoms with van der Waals surface area (Å²) in [5.74, 6) is -1.37. The Morgan fingerprint density at radius 3 is 2.44 bits per heavy atom. The summed E-state index contributed by atoms with van der Waals surface area (Å²) < 4.78 is 26.6. The first kappa shape index (κ1) is 10.1. The molecule has 0 atom stereocenters. The molecular formula is C12H14F2N2. The van der Waals surface area contributed by atoms with Gasteiger partial charge in [-0.15, -0.1) is 0 Å².